The van der Waals surface area contributed by atoms with Crippen LogP contribution in [0.5, 0.6) is 0 Å². The standard InChI is InChI=1S/C20H30N4O5.C4H9N.C3H8.C2H6/c1-6-7-9-13(15(26)12-25)22-17(27)14-10-8-11-24(14)18(28)16(20(2,3)4)23-19(29)21-5;1-3-4-5-2;1-3-2;1-2/h1,12-14,16H,7-11H2,2-5H3,(H,22,27)(H2,21,23,29);3,5H,1,4H2,2H3;3H2,1-2H3;1-2H3. The first kappa shape index (κ1) is 40.3. The van der Waals surface area contributed by atoms with E-state index in [1.54, 1.807) is 0 Å². The molecule has 4 amide bonds. The van der Waals surface area contributed by atoms with Crippen LogP contribution in [0.2, 0.25) is 0 Å². The van der Waals surface area contributed by atoms with E-state index in [1.165, 1.54) is 18.4 Å². The van der Waals surface area contributed by atoms with E-state index < -0.39 is 41.3 Å². The number of urea groups is 1. The molecule has 0 saturated carbocycles. The van der Waals surface area contributed by atoms with Crippen molar-refractivity contribution in [3.05, 3.63) is 12.7 Å². The number of nitrogens with zero attached hydrogens (tertiary/aromatic N) is 1. The smallest absolute Gasteiger partial charge is 0.315 e. The molecule has 1 heterocycles. The molecular formula is C29H53N5O5. The Kier molecular flexibility index (Phi) is 24.7. The minimum atomic E-state index is -1.02. The van der Waals surface area contributed by atoms with Crippen molar-refractivity contribution in [1.82, 2.24) is 26.2 Å². The van der Waals surface area contributed by atoms with Crippen LogP contribution in [0.25, 0.3) is 0 Å². The van der Waals surface area contributed by atoms with Gasteiger partial charge in [-0.3, -0.25) is 19.2 Å². The molecular weight excluding hydrogens is 498 g/mol. The van der Waals surface area contributed by atoms with Gasteiger partial charge < -0.3 is 26.2 Å². The number of likely N-dealkylation sites (N-methyl/N-ethyl adjacent to an activating group) is 1. The van der Waals surface area contributed by atoms with E-state index in [0.29, 0.717) is 19.4 Å². The molecule has 1 aliphatic rings. The summed E-state index contributed by atoms with van der Waals surface area (Å²) in [6, 6.07) is -3.14. The average Bonchev–Trinajstić information content (AvgIpc) is 3.40. The van der Waals surface area contributed by atoms with Gasteiger partial charge in [0.1, 0.15) is 12.1 Å². The zero-order valence-corrected chi connectivity index (χ0v) is 25.6. The second kappa shape index (κ2) is 23.9. The quantitative estimate of drug-likeness (QED) is 0.143. The summed E-state index contributed by atoms with van der Waals surface area (Å²) in [7, 11) is 3.34. The molecule has 0 bridgehead atoms. The minimum Gasteiger partial charge on any atom is -0.344 e. The fraction of sp³-hybridized carbons (Fsp3) is 0.690. The molecule has 0 spiro atoms. The van der Waals surface area contributed by atoms with Gasteiger partial charge in [0.15, 0.2) is 6.29 Å². The monoisotopic (exact) mass is 551 g/mol. The van der Waals surface area contributed by atoms with Crippen LogP contribution in [0.4, 0.5) is 4.79 Å². The number of carbonyl (C=O) groups is 5. The fourth-order valence-corrected chi connectivity index (χ4v) is 3.33. The number of carbonyl (C=O) groups excluding carboxylic acids is 5. The third-order valence-corrected chi connectivity index (χ3v) is 5.16. The van der Waals surface area contributed by atoms with Gasteiger partial charge in [0.05, 0.1) is 6.04 Å². The van der Waals surface area contributed by atoms with Crippen molar-refractivity contribution in [2.45, 2.75) is 98.7 Å². The van der Waals surface area contributed by atoms with E-state index in [1.807, 2.05) is 47.7 Å². The van der Waals surface area contributed by atoms with Crippen LogP contribution in [-0.2, 0) is 19.2 Å². The van der Waals surface area contributed by atoms with Gasteiger partial charge in [0, 0.05) is 26.6 Å². The number of hydrogen-bond acceptors (Lipinski definition) is 6. The van der Waals surface area contributed by atoms with Gasteiger partial charge in [0.25, 0.3) is 0 Å². The van der Waals surface area contributed by atoms with Crippen molar-refractivity contribution in [2.24, 2.45) is 5.41 Å². The highest BCUT2D eigenvalue weighted by Gasteiger charge is 2.42. The maximum atomic E-state index is 13.2. The van der Waals surface area contributed by atoms with Gasteiger partial charge in [-0.1, -0.05) is 61.0 Å². The van der Waals surface area contributed by atoms with Crippen LogP contribution in [0.15, 0.2) is 12.7 Å². The molecule has 4 N–H and O–H groups in total. The molecule has 0 aromatic heterocycles. The highest BCUT2D eigenvalue weighted by molar-refractivity contribution is 6.28. The molecule has 1 aliphatic heterocycles. The van der Waals surface area contributed by atoms with Crippen molar-refractivity contribution >= 4 is 29.9 Å². The molecule has 3 atom stereocenters. The number of hydrogen-bond donors (Lipinski definition) is 4. The largest absolute Gasteiger partial charge is 0.344 e. The number of aldehydes is 1. The van der Waals surface area contributed by atoms with Crippen LogP contribution < -0.4 is 21.3 Å². The maximum absolute atomic E-state index is 13.2. The van der Waals surface area contributed by atoms with E-state index in [9.17, 15) is 24.0 Å². The summed E-state index contributed by atoms with van der Waals surface area (Å²) in [5.41, 5.74) is -0.587. The first-order chi connectivity index (χ1) is 18.4. The highest BCUT2D eigenvalue weighted by atomic mass is 16.2. The molecule has 1 fully saturated rings. The van der Waals surface area contributed by atoms with E-state index in [4.69, 9.17) is 6.42 Å². The lowest BCUT2D eigenvalue weighted by atomic mass is 9.85. The number of Topliss-reactive ketones (excluding diaryl/α,β-unsaturated/α-hetero) is 1. The maximum Gasteiger partial charge on any atom is 0.315 e. The summed E-state index contributed by atoms with van der Waals surface area (Å²) in [6.07, 6.45) is 9.82. The Hall–Kier alpha value is -3.19. The first-order valence-electron chi connectivity index (χ1n) is 13.7. The topological polar surface area (TPSA) is 137 Å². The Morgan fingerprint density at radius 2 is 1.69 bits per heavy atom. The second-order valence-electron chi connectivity index (χ2n) is 9.59. The van der Waals surface area contributed by atoms with E-state index >= 15 is 0 Å². The van der Waals surface area contributed by atoms with Crippen LogP contribution in [0, 0.1) is 17.8 Å². The minimum absolute atomic E-state index is 0.142. The predicted octanol–water partition coefficient (Wildman–Crippen LogP) is 2.82. The number of likely N-dealkylation sites (tertiary alicyclic amines) is 1. The van der Waals surface area contributed by atoms with E-state index in [2.05, 4.69) is 47.6 Å². The van der Waals surface area contributed by atoms with Crippen LogP contribution in [0.1, 0.15) is 80.6 Å². The summed E-state index contributed by atoms with van der Waals surface area (Å²) in [4.78, 5) is 61.8. The molecule has 0 aromatic carbocycles. The number of rotatable bonds is 10. The SMILES string of the molecule is C#CCCC(NC(=O)C1CCCN1C(=O)C(NC(=O)NC)C(C)(C)C)C(=O)C=O.C=CCNC.CC.CCC. The summed E-state index contributed by atoms with van der Waals surface area (Å²) in [5, 5.41) is 10.5. The molecule has 1 rings (SSSR count). The Labute approximate surface area is 236 Å². The third kappa shape index (κ3) is 17.1. The lowest BCUT2D eigenvalue weighted by molar-refractivity contribution is -0.142. The molecule has 0 radical (unpaired) electrons. The van der Waals surface area contributed by atoms with Crippen LogP contribution in [-0.4, -0.2) is 80.1 Å². The normalized spacial score (nSPS) is 15.1. The summed E-state index contributed by atoms with van der Waals surface area (Å²) in [5.74, 6) is 0.719. The zero-order valence-electron chi connectivity index (χ0n) is 25.6. The van der Waals surface area contributed by atoms with Crippen LogP contribution >= 0.6 is 0 Å². The van der Waals surface area contributed by atoms with E-state index in [0.717, 1.165) is 6.54 Å². The number of amides is 4. The molecule has 1 saturated heterocycles. The van der Waals surface area contributed by atoms with Crippen LogP contribution in [0.3, 0.4) is 0 Å². The summed E-state index contributed by atoms with van der Waals surface area (Å²) in [6.45, 7) is 18.4. The van der Waals surface area contributed by atoms with Gasteiger partial charge in [-0.15, -0.1) is 18.9 Å². The Morgan fingerprint density at radius 3 is 2.08 bits per heavy atom. The molecule has 39 heavy (non-hydrogen) atoms. The predicted molar refractivity (Wildman–Crippen MR) is 158 cm³/mol. The van der Waals surface area contributed by atoms with Crippen molar-refractivity contribution in [3.8, 4) is 12.3 Å². The number of ketones is 1. The van der Waals surface area contributed by atoms with Crippen molar-refractivity contribution in [2.75, 3.05) is 27.2 Å². The molecule has 3 unspecified atom stereocenters. The van der Waals surface area contributed by atoms with Crippen molar-refractivity contribution < 1.29 is 24.0 Å². The van der Waals surface area contributed by atoms with E-state index in [-0.39, 0.29) is 25.0 Å². The molecule has 0 aliphatic carbocycles. The molecule has 224 valence electrons. The molecule has 10 nitrogen and oxygen atoms in total. The van der Waals surface area contributed by atoms with Gasteiger partial charge in [-0.05, 0) is 31.7 Å². The highest BCUT2D eigenvalue weighted by Crippen LogP contribution is 2.26. The fourth-order valence-electron chi connectivity index (χ4n) is 3.33. The molecule has 0 aromatic rings. The van der Waals surface area contributed by atoms with Crippen molar-refractivity contribution in [3.63, 3.8) is 0 Å². The number of terminal acetylenes is 1. The summed E-state index contributed by atoms with van der Waals surface area (Å²) >= 11 is 0. The second-order valence-corrected chi connectivity index (χ2v) is 9.59. The Bertz CT molecular complexity index is 786. The summed E-state index contributed by atoms with van der Waals surface area (Å²) < 4.78 is 0. The lowest BCUT2D eigenvalue weighted by Gasteiger charge is -2.35. The van der Waals surface area contributed by atoms with Gasteiger partial charge in [-0.2, -0.15) is 0 Å². The number of nitrogens with one attached hydrogen (secondary N) is 4. The Balaban J connectivity index is -0.00000112. The van der Waals surface area contributed by atoms with Gasteiger partial charge >= 0.3 is 6.03 Å². The first-order valence-corrected chi connectivity index (χ1v) is 13.7. The van der Waals surface area contributed by atoms with Gasteiger partial charge in [-0.25, -0.2) is 4.79 Å². The lowest BCUT2D eigenvalue weighted by Crippen LogP contribution is -2.59. The Morgan fingerprint density at radius 1 is 1.13 bits per heavy atom. The molecule has 10 heteroatoms. The average molecular weight is 552 g/mol. The van der Waals surface area contributed by atoms with Crippen molar-refractivity contribution in [1.29, 1.82) is 0 Å². The third-order valence-electron chi connectivity index (χ3n) is 5.16. The zero-order chi connectivity index (χ0) is 31.0. The van der Waals surface area contributed by atoms with Gasteiger partial charge in [0.2, 0.25) is 17.6 Å².